The second-order valence-corrected chi connectivity index (χ2v) is 6.06. The fourth-order valence-electron chi connectivity index (χ4n) is 1.83. The Morgan fingerprint density at radius 2 is 1.06 bits per heavy atom. The van der Waals surface area contributed by atoms with Crippen LogP contribution < -0.4 is 0 Å². The van der Waals surface area contributed by atoms with Crippen molar-refractivity contribution >= 4 is 52.6 Å². The Kier molecular flexibility index (Phi) is 5.08. The van der Waals surface area contributed by atoms with Gasteiger partial charge in [-0.25, -0.2) is 0 Å². The number of carbonyl (C=O) groups excluding carboxylic acids is 1. The monoisotopic (exact) mass is 336 g/mol. The van der Waals surface area contributed by atoms with Crippen LogP contribution in [0.5, 0.6) is 0 Å². The van der Waals surface area contributed by atoms with Crippen molar-refractivity contribution in [3.05, 3.63) is 0 Å². The molecule has 2 aliphatic heterocycles. The van der Waals surface area contributed by atoms with Crippen LogP contribution in [0.25, 0.3) is 0 Å². The summed E-state index contributed by atoms with van der Waals surface area (Å²) >= 11 is 23.7. The molecule has 0 amide bonds. The first-order chi connectivity index (χ1) is 8.49. The largest absolute Gasteiger partial charge is 0.548 e. The van der Waals surface area contributed by atoms with E-state index in [2.05, 4.69) is 0 Å². The number of halogens is 4. The van der Waals surface area contributed by atoms with Gasteiger partial charge in [0.1, 0.15) is 22.0 Å². The minimum absolute atomic E-state index is 0.447. The van der Waals surface area contributed by atoms with Gasteiger partial charge in [-0.05, 0) is 25.7 Å². The highest BCUT2D eigenvalue weighted by molar-refractivity contribution is 6.24. The van der Waals surface area contributed by atoms with E-state index in [1.165, 1.54) is 10.1 Å². The molecule has 4 unspecified atom stereocenters. The number of carbonyl (C=O) groups is 1. The molecule has 0 radical (unpaired) electrons. The second-order valence-electron chi connectivity index (χ2n) is 4.04. The Morgan fingerprint density at radius 3 is 1.33 bits per heavy atom. The zero-order valence-corrected chi connectivity index (χ0v) is 12.3. The lowest BCUT2D eigenvalue weighted by molar-refractivity contribution is -0.190. The molecule has 2 rings (SSSR count). The molecule has 0 N–H and O–H groups in total. The summed E-state index contributed by atoms with van der Waals surface area (Å²) in [4.78, 5) is 21.5. The summed E-state index contributed by atoms with van der Waals surface area (Å²) in [5.74, 6) is 0. The van der Waals surface area contributed by atoms with Gasteiger partial charge in [0.2, 0.25) is 0 Å². The zero-order chi connectivity index (χ0) is 13.3. The van der Waals surface area contributed by atoms with Gasteiger partial charge in [-0.2, -0.15) is 4.79 Å². The van der Waals surface area contributed by atoms with Gasteiger partial charge in [0.15, 0.2) is 0 Å². The van der Waals surface area contributed by atoms with Gasteiger partial charge >= 0.3 is 6.16 Å². The third-order valence-corrected chi connectivity index (χ3v) is 4.39. The molecule has 0 saturated carbocycles. The molecule has 0 aliphatic carbocycles. The molecule has 9 heteroatoms. The van der Waals surface area contributed by atoms with Crippen LogP contribution in [0.1, 0.15) is 25.7 Å². The number of hydrogen-bond acceptors (Lipinski definition) is 5. The van der Waals surface area contributed by atoms with Crippen molar-refractivity contribution in [2.24, 2.45) is 0 Å². The first-order valence-electron chi connectivity index (χ1n) is 5.52. The van der Waals surface area contributed by atoms with E-state index in [1.807, 2.05) is 0 Å². The maximum atomic E-state index is 11.6. The maximum Gasteiger partial charge on any atom is 0.548 e. The molecule has 2 aliphatic rings. The molecule has 18 heavy (non-hydrogen) atoms. The Bertz CT molecular complexity index is 274. The lowest BCUT2D eigenvalue weighted by Gasteiger charge is -2.24. The minimum Gasteiger partial charge on any atom is -0.331 e. The van der Waals surface area contributed by atoms with E-state index in [0.29, 0.717) is 25.7 Å². The number of hydrogen-bond donors (Lipinski definition) is 0. The molecule has 0 aromatic rings. The Balaban J connectivity index is 1.85. The third kappa shape index (κ3) is 3.26. The van der Waals surface area contributed by atoms with Crippen molar-refractivity contribution in [2.45, 2.75) is 47.7 Å². The first kappa shape index (κ1) is 14.8. The van der Waals surface area contributed by atoms with Crippen molar-refractivity contribution in [3.8, 4) is 0 Å². The normalized spacial score (nSPS) is 38.0. The standard InChI is InChI=1S/C9H12Cl4N2O3/c10-5-1-2-6(11)14(5)17-9(16)18-15-7(12)3-4-8(15)13/h5-8H,1-4H2. The molecular formula is C9H12Cl4N2O3. The predicted octanol–water partition coefficient (Wildman–Crippen LogP) is 3.42. The fraction of sp³-hybridized carbons (Fsp3) is 0.889. The van der Waals surface area contributed by atoms with Gasteiger partial charge < -0.3 is 9.68 Å². The second kappa shape index (κ2) is 6.20. The predicted molar refractivity (Wildman–Crippen MR) is 68.3 cm³/mol. The number of nitrogens with zero attached hydrogens (tertiary/aromatic N) is 2. The van der Waals surface area contributed by atoms with Gasteiger partial charge in [0.25, 0.3) is 0 Å². The third-order valence-electron chi connectivity index (χ3n) is 2.75. The molecule has 5 nitrogen and oxygen atoms in total. The van der Waals surface area contributed by atoms with Crippen LogP contribution in [-0.2, 0) is 9.68 Å². The molecule has 0 aromatic heterocycles. The van der Waals surface area contributed by atoms with Crippen molar-refractivity contribution in [1.29, 1.82) is 0 Å². The average molecular weight is 338 g/mol. The van der Waals surface area contributed by atoms with E-state index in [-0.39, 0.29) is 0 Å². The summed E-state index contributed by atoms with van der Waals surface area (Å²) in [6.07, 6.45) is 1.63. The van der Waals surface area contributed by atoms with Crippen LogP contribution in [0.15, 0.2) is 0 Å². The van der Waals surface area contributed by atoms with E-state index in [0.717, 1.165) is 0 Å². The summed E-state index contributed by atoms with van der Waals surface area (Å²) in [7, 11) is 0. The summed E-state index contributed by atoms with van der Waals surface area (Å²) in [5, 5.41) is 2.40. The lowest BCUT2D eigenvalue weighted by atomic mass is 10.4. The Labute approximate surface area is 125 Å². The van der Waals surface area contributed by atoms with Crippen molar-refractivity contribution < 1.29 is 14.5 Å². The van der Waals surface area contributed by atoms with E-state index in [1.54, 1.807) is 0 Å². The highest BCUT2D eigenvalue weighted by Gasteiger charge is 2.38. The van der Waals surface area contributed by atoms with Crippen LogP contribution in [0.2, 0.25) is 0 Å². The summed E-state index contributed by atoms with van der Waals surface area (Å²) in [6.45, 7) is 0. The van der Waals surface area contributed by atoms with Crippen molar-refractivity contribution in [2.75, 3.05) is 0 Å². The molecule has 2 saturated heterocycles. The smallest absolute Gasteiger partial charge is 0.331 e. The number of alkyl halides is 4. The minimum atomic E-state index is -0.939. The molecule has 2 heterocycles. The van der Waals surface area contributed by atoms with Gasteiger partial charge in [0, 0.05) is 0 Å². The highest BCUT2D eigenvalue weighted by atomic mass is 35.5. The quantitative estimate of drug-likeness (QED) is 0.570. The zero-order valence-electron chi connectivity index (χ0n) is 9.27. The highest BCUT2D eigenvalue weighted by Crippen LogP contribution is 2.32. The topological polar surface area (TPSA) is 42.0 Å². The molecule has 0 aromatic carbocycles. The van der Waals surface area contributed by atoms with Crippen LogP contribution in [0, 0.1) is 0 Å². The first-order valence-corrected chi connectivity index (χ1v) is 7.26. The fourth-order valence-corrected chi connectivity index (χ4v) is 3.15. The molecule has 104 valence electrons. The Hall–Kier alpha value is 0.350. The van der Waals surface area contributed by atoms with Crippen molar-refractivity contribution in [1.82, 2.24) is 10.1 Å². The SMILES string of the molecule is O=C(ON1C(Cl)CCC1Cl)ON1C(Cl)CCC1Cl. The van der Waals surface area contributed by atoms with E-state index < -0.39 is 28.2 Å². The van der Waals surface area contributed by atoms with Crippen LogP contribution in [0.4, 0.5) is 4.79 Å². The summed E-state index contributed by atoms with van der Waals surface area (Å²) < 4.78 is 0. The molecular weight excluding hydrogens is 326 g/mol. The van der Waals surface area contributed by atoms with E-state index in [9.17, 15) is 4.79 Å². The molecule has 2 fully saturated rings. The lowest BCUT2D eigenvalue weighted by Crippen LogP contribution is -2.38. The number of rotatable bonds is 2. The maximum absolute atomic E-state index is 11.6. The molecule has 4 atom stereocenters. The summed E-state index contributed by atoms with van der Waals surface area (Å²) in [5.41, 5.74) is -1.79. The number of hydroxylamine groups is 4. The van der Waals surface area contributed by atoms with E-state index in [4.69, 9.17) is 56.1 Å². The van der Waals surface area contributed by atoms with Crippen LogP contribution in [-0.4, -0.2) is 38.3 Å². The Morgan fingerprint density at radius 1 is 0.778 bits per heavy atom. The van der Waals surface area contributed by atoms with Gasteiger partial charge in [-0.3, -0.25) is 0 Å². The average Bonchev–Trinajstić information content (AvgIpc) is 2.79. The molecule has 0 spiro atoms. The van der Waals surface area contributed by atoms with Crippen LogP contribution >= 0.6 is 46.4 Å². The van der Waals surface area contributed by atoms with Crippen molar-refractivity contribution in [3.63, 3.8) is 0 Å². The van der Waals surface area contributed by atoms with Gasteiger partial charge in [-0.15, -0.1) is 56.5 Å². The van der Waals surface area contributed by atoms with Gasteiger partial charge in [-0.1, -0.05) is 0 Å². The van der Waals surface area contributed by atoms with Crippen LogP contribution in [0.3, 0.4) is 0 Å². The summed E-state index contributed by atoms with van der Waals surface area (Å²) in [6, 6.07) is 0. The van der Waals surface area contributed by atoms with Gasteiger partial charge in [0.05, 0.1) is 0 Å². The van der Waals surface area contributed by atoms with E-state index >= 15 is 0 Å². The molecule has 0 bridgehead atoms.